The van der Waals surface area contributed by atoms with Gasteiger partial charge >= 0.3 is 0 Å². The normalized spacial score (nSPS) is 14.4. The van der Waals surface area contributed by atoms with Crippen molar-refractivity contribution in [3.05, 3.63) is 82.3 Å². The van der Waals surface area contributed by atoms with Crippen LogP contribution in [0.15, 0.2) is 60.4 Å². The van der Waals surface area contributed by atoms with Crippen LogP contribution in [0, 0.1) is 5.21 Å². The zero-order valence-corrected chi connectivity index (χ0v) is 18.8. The maximum absolute atomic E-state index is 12.9. The van der Waals surface area contributed by atoms with Gasteiger partial charge in [-0.1, -0.05) is 0 Å². The number of Topliss-reactive ketones (excluding diaryl/α,β-unsaturated/α-hetero) is 1. The van der Waals surface area contributed by atoms with E-state index in [4.69, 9.17) is 28.9 Å². The number of hydrogen-bond acceptors (Lipinski definition) is 8. The Bertz CT molecular complexity index is 1230. The molecule has 176 valence electrons. The van der Waals surface area contributed by atoms with Gasteiger partial charge in [-0.2, -0.15) is 5.23 Å². The number of ether oxygens (including phenoxy) is 5. The summed E-state index contributed by atoms with van der Waals surface area (Å²) in [5.41, 5.74) is 2.03. The summed E-state index contributed by atoms with van der Waals surface area (Å²) in [7, 11) is 4.57. The van der Waals surface area contributed by atoms with Crippen LogP contribution in [0.5, 0.6) is 28.7 Å². The van der Waals surface area contributed by atoms with Crippen molar-refractivity contribution < 1.29 is 38.9 Å². The van der Waals surface area contributed by atoms with Crippen LogP contribution < -0.4 is 28.9 Å². The molecule has 0 aliphatic carbocycles. The summed E-state index contributed by atoms with van der Waals surface area (Å²) < 4.78 is 27.7. The Kier molecular flexibility index (Phi) is 6.69. The SMILES string of the molecule is COc1cc(OC)c(OC)cc1C=C1Oc2cc(OCc3ccc([NH+]([O-])O)cc3)ccc2C1=O. The van der Waals surface area contributed by atoms with E-state index < -0.39 is 5.23 Å². The van der Waals surface area contributed by atoms with Crippen molar-refractivity contribution >= 4 is 17.5 Å². The topological polar surface area (TPSA) is 111 Å². The third-order valence-corrected chi connectivity index (χ3v) is 5.27. The van der Waals surface area contributed by atoms with Crippen LogP contribution in [-0.2, 0) is 6.61 Å². The first-order chi connectivity index (χ1) is 16.4. The molecule has 0 bridgehead atoms. The number of carbonyl (C=O) groups is 1. The van der Waals surface area contributed by atoms with Gasteiger partial charge in [-0.25, -0.2) is 5.21 Å². The lowest BCUT2D eigenvalue weighted by atomic mass is 10.1. The quantitative estimate of drug-likeness (QED) is 0.385. The molecule has 1 atom stereocenters. The predicted molar refractivity (Wildman–Crippen MR) is 122 cm³/mol. The third kappa shape index (κ3) is 4.67. The Morgan fingerprint density at radius 1 is 0.941 bits per heavy atom. The molecule has 1 unspecified atom stereocenters. The van der Waals surface area contributed by atoms with Gasteiger partial charge in [-0.3, -0.25) is 4.79 Å². The van der Waals surface area contributed by atoms with Gasteiger partial charge in [-0.15, -0.1) is 0 Å². The standard InChI is InChI=1S/C25H23NO8/c1-30-20-13-23(32-3)22(31-2)10-16(20)11-24-25(27)19-9-8-18(12-21(19)34-24)33-14-15-4-6-17(7-5-15)26(28)29/h4-13,26,28H,14H2,1-3H3. The molecule has 1 heterocycles. The van der Waals surface area contributed by atoms with Gasteiger partial charge in [0.2, 0.25) is 5.78 Å². The number of benzene rings is 3. The highest BCUT2D eigenvalue weighted by Crippen LogP contribution is 2.39. The molecule has 0 spiro atoms. The number of nitrogens with one attached hydrogen (secondary N) is 1. The molecule has 3 aromatic rings. The summed E-state index contributed by atoms with van der Waals surface area (Å²) in [5, 5.41) is 19.0. The van der Waals surface area contributed by atoms with Gasteiger partial charge in [0.05, 0.1) is 26.9 Å². The molecule has 0 saturated heterocycles. The number of quaternary nitrogens is 1. The second-order valence-electron chi connectivity index (χ2n) is 7.34. The van der Waals surface area contributed by atoms with Gasteiger partial charge in [0, 0.05) is 29.8 Å². The predicted octanol–water partition coefficient (Wildman–Crippen LogP) is 3.31. The maximum Gasteiger partial charge on any atom is 0.231 e. The molecule has 4 rings (SSSR count). The average Bonchev–Trinajstić information content (AvgIpc) is 3.16. The third-order valence-electron chi connectivity index (χ3n) is 5.27. The van der Waals surface area contributed by atoms with E-state index >= 15 is 0 Å². The fourth-order valence-corrected chi connectivity index (χ4v) is 3.47. The Labute approximate surface area is 195 Å². The molecule has 9 nitrogen and oxygen atoms in total. The molecule has 3 aromatic carbocycles. The first kappa shape index (κ1) is 23.1. The van der Waals surface area contributed by atoms with E-state index in [-0.39, 0.29) is 23.8 Å². The Morgan fingerprint density at radius 2 is 1.62 bits per heavy atom. The highest BCUT2D eigenvalue weighted by molar-refractivity contribution is 6.14. The zero-order valence-electron chi connectivity index (χ0n) is 18.8. The van der Waals surface area contributed by atoms with E-state index in [1.807, 2.05) is 0 Å². The molecule has 9 heteroatoms. The van der Waals surface area contributed by atoms with Gasteiger partial charge in [0.15, 0.2) is 22.9 Å². The highest BCUT2D eigenvalue weighted by Gasteiger charge is 2.28. The summed E-state index contributed by atoms with van der Waals surface area (Å²) >= 11 is 0. The minimum atomic E-state index is -0.984. The summed E-state index contributed by atoms with van der Waals surface area (Å²) in [6.45, 7) is 0.234. The number of allylic oxidation sites excluding steroid dienone is 1. The minimum Gasteiger partial charge on any atom is -0.595 e. The number of carbonyl (C=O) groups excluding carboxylic acids is 1. The molecule has 1 aliphatic heterocycles. The summed E-state index contributed by atoms with van der Waals surface area (Å²) in [4.78, 5) is 12.9. The van der Waals surface area contributed by atoms with E-state index in [1.165, 1.54) is 33.5 Å². The molecular weight excluding hydrogens is 442 g/mol. The van der Waals surface area contributed by atoms with Crippen LogP contribution >= 0.6 is 0 Å². The molecule has 34 heavy (non-hydrogen) atoms. The van der Waals surface area contributed by atoms with Crippen LogP contribution in [0.25, 0.3) is 6.08 Å². The van der Waals surface area contributed by atoms with Crippen molar-refractivity contribution in [1.82, 2.24) is 0 Å². The van der Waals surface area contributed by atoms with E-state index in [0.717, 1.165) is 5.56 Å². The van der Waals surface area contributed by atoms with Gasteiger partial charge in [0.1, 0.15) is 23.9 Å². The number of ketones is 1. The second-order valence-corrected chi connectivity index (χ2v) is 7.34. The number of rotatable bonds is 8. The van der Waals surface area contributed by atoms with E-state index in [0.29, 0.717) is 39.9 Å². The zero-order chi connectivity index (χ0) is 24.2. The lowest BCUT2D eigenvalue weighted by Crippen LogP contribution is -2.99. The molecule has 0 aromatic heterocycles. The van der Waals surface area contributed by atoms with Crippen LogP contribution in [0.3, 0.4) is 0 Å². The number of hydrogen-bond donors (Lipinski definition) is 2. The minimum absolute atomic E-state index is 0.141. The first-order valence-electron chi connectivity index (χ1n) is 10.3. The fourth-order valence-electron chi connectivity index (χ4n) is 3.47. The lowest BCUT2D eigenvalue weighted by molar-refractivity contribution is -0.991. The van der Waals surface area contributed by atoms with Crippen molar-refractivity contribution in [2.45, 2.75) is 6.61 Å². The van der Waals surface area contributed by atoms with Crippen LogP contribution in [0.2, 0.25) is 0 Å². The van der Waals surface area contributed by atoms with Crippen molar-refractivity contribution in [3.63, 3.8) is 0 Å². The molecule has 0 saturated carbocycles. The molecule has 0 amide bonds. The van der Waals surface area contributed by atoms with Crippen molar-refractivity contribution in [2.75, 3.05) is 21.3 Å². The van der Waals surface area contributed by atoms with Crippen molar-refractivity contribution in [2.24, 2.45) is 0 Å². The fraction of sp³-hybridized carbons (Fsp3) is 0.160. The Hall–Kier alpha value is -4.05. The van der Waals surface area contributed by atoms with Crippen molar-refractivity contribution in [3.8, 4) is 28.7 Å². The van der Waals surface area contributed by atoms with Gasteiger partial charge in [0.25, 0.3) is 0 Å². The highest BCUT2D eigenvalue weighted by atomic mass is 16.8. The second kappa shape index (κ2) is 9.84. The number of fused-ring (bicyclic) bond motifs is 1. The van der Waals surface area contributed by atoms with Crippen molar-refractivity contribution in [1.29, 1.82) is 0 Å². The molecule has 0 fully saturated rings. The molecule has 0 radical (unpaired) electrons. The Balaban J connectivity index is 1.53. The van der Waals surface area contributed by atoms with Crippen LogP contribution in [0.4, 0.5) is 5.69 Å². The monoisotopic (exact) mass is 465 g/mol. The first-order valence-corrected chi connectivity index (χ1v) is 10.3. The number of methoxy groups -OCH3 is 3. The summed E-state index contributed by atoms with van der Waals surface area (Å²) in [5.74, 6) is 2.27. The Morgan fingerprint density at radius 3 is 2.26 bits per heavy atom. The van der Waals surface area contributed by atoms with Crippen LogP contribution in [0.1, 0.15) is 21.5 Å². The smallest absolute Gasteiger partial charge is 0.231 e. The molecule has 2 N–H and O–H groups in total. The molecule has 1 aliphatic rings. The molecular formula is C25H23NO8. The van der Waals surface area contributed by atoms with E-state index in [2.05, 4.69) is 0 Å². The maximum atomic E-state index is 12.9. The lowest BCUT2D eigenvalue weighted by Gasteiger charge is -2.12. The average molecular weight is 465 g/mol. The van der Waals surface area contributed by atoms with Gasteiger partial charge in [-0.05, 0) is 42.0 Å². The largest absolute Gasteiger partial charge is 0.595 e. The van der Waals surface area contributed by atoms with Gasteiger partial charge < -0.3 is 28.9 Å². The summed E-state index contributed by atoms with van der Waals surface area (Å²) in [6.07, 6.45) is 1.59. The van der Waals surface area contributed by atoms with E-state index in [1.54, 1.807) is 48.5 Å². The van der Waals surface area contributed by atoms with E-state index in [9.17, 15) is 10.0 Å². The summed E-state index contributed by atoms with van der Waals surface area (Å²) in [6, 6.07) is 14.8. The van der Waals surface area contributed by atoms with Crippen LogP contribution in [-0.4, -0.2) is 32.3 Å².